The number of aromatic amines is 1. The number of aromatic hydroxyl groups is 1. The van der Waals surface area contributed by atoms with Gasteiger partial charge in [0, 0.05) is 6.07 Å². The molecule has 1 heterocycles. The van der Waals surface area contributed by atoms with Crippen molar-refractivity contribution in [1.82, 2.24) is 10.2 Å². The SMILES string of the molecule is Cc1n[nH]c(C)c1S(=O)(=O)Nc1ccc(Cl)c(O)c1. The van der Waals surface area contributed by atoms with Gasteiger partial charge in [0.15, 0.2) is 0 Å². The minimum Gasteiger partial charge on any atom is -0.506 e. The number of halogens is 1. The molecule has 0 fully saturated rings. The molecule has 0 aliphatic carbocycles. The number of benzene rings is 1. The summed E-state index contributed by atoms with van der Waals surface area (Å²) in [5, 5.41) is 16.1. The van der Waals surface area contributed by atoms with Crippen molar-refractivity contribution in [1.29, 1.82) is 0 Å². The average Bonchev–Trinajstić information content (AvgIpc) is 2.64. The van der Waals surface area contributed by atoms with Gasteiger partial charge in [-0.25, -0.2) is 8.42 Å². The minimum atomic E-state index is -3.76. The molecule has 0 bridgehead atoms. The maximum Gasteiger partial charge on any atom is 0.265 e. The van der Waals surface area contributed by atoms with E-state index in [1.54, 1.807) is 13.8 Å². The molecule has 0 radical (unpaired) electrons. The highest BCUT2D eigenvalue weighted by Gasteiger charge is 2.22. The lowest BCUT2D eigenvalue weighted by Gasteiger charge is -2.08. The largest absolute Gasteiger partial charge is 0.506 e. The number of H-pyrrole nitrogens is 1. The van der Waals surface area contributed by atoms with Gasteiger partial charge >= 0.3 is 0 Å². The number of aromatic nitrogens is 2. The molecule has 1 aromatic heterocycles. The molecule has 0 saturated heterocycles. The molecule has 102 valence electrons. The molecule has 2 aromatic rings. The zero-order valence-corrected chi connectivity index (χ0v) is 11.8. The molecule has 0 atom stereocenters. The Bertz CT molecular complexity index is 705. The van der Waals surface area contributed by atoms with Crippen molar-refractivity contribution in [3.05, 3.63) is 34.6 Å². The fourth-order valence-electron chi connectivity index (χ4n) is 1.72. The van der Waals surface area contributed by atoms with E-state index in [4.69, 9.17) is 11.6 Å². The third-order valence-electron chi connectivity index (χ3n) is 2.53. The van der Waals surface area contributed by atoms with E-state index in [2.05, 4.69) is 14.9 Å². The first-order chi connectivity index (χ1) is 8.81. The topological polar surface area (TPSA) is 95.1 Å². The predicted octanol–water partition coefficient (Wildman–Crippen LogP) is 2.19. The molecule has 1 aromatic carbocycles. The van der Waals surface area contributed by atoms with Crippen molar-refractivity contribution in [2.75, 3.05) is 4.72 Å². The van der Waals surface area contributed by atoms with Gasteiger partial charge in [-0.05, 0) is 26.0 Å². The van der Waals surface area contributed by atoms with E-state index < -0.39 is 10.0 Å². The van der Waals surface area contributed by atoms with Crippen LogP contribution >= 0.6 is 11.6 Å². The van der Waals surface area contributed by atoms with Crippen LogP contribution in [0.2, 0.25) is 5.02 Å². The summed E-state index contributed by atoms with van der Waals surface area (Å²) in [7, 11) is -3.76. The van der Waals surface area contributed by atoms with Gasteiger partial charge in [-0.15, -0.1) is 0 Å². The van der Waals surface area contributed by atoms with E-state index in [9.17, 15) is 13.5 Å². The summed E-state index contributed by atoms with van der Waals surface area (Å²) in [4.78, 5) is 0.0990. The molecule has 8 heteroatoms. The van der Waals surface area contributed by atoms with Crippen LogP contribution in [0.25, 0.3) is 0 Å². The Morgan fingerprint density at radius 3 is 2.58 bits per heavy atom. The van der Waals surface area contributed by atoms with Crippen LogP contribution in [0, 0.1) is 13.8 Å². The number of anilines is 1. The maximum absolute atomic E-state index is 12.2. The smallest absolute Gasteiger partial charge is 0.265 e. The molecule has 0 amide bonds. The van der Waals surface area contributed by atoms with Crippen LogP contribution in [-0.2, 0) is 10.0 Å². The summed E-state index contributed by atoms with van der Waals surface area (Å²) in [6.07, 6.45) is 0. The third kappa shape index (κ3) is 2.66. The second-order valence-electron chi connectivity index (χ2n) is 4.03. The maximum atomic E-state index is 12.2. The summed E-state index contributed by atoms with van der Waals surface area (Å²) >= 11 is 5.66. The Kier molecular flexibility index (Phi) is 3.42. The first-order valence-electron chi connectivity index (χ1n) is 5.34. The zero-order valence-electron chi connectivity index (χ0n) is 10.2. The molecule has 0 unspecified atom stereocenters. The van der Waals surface area contributed by atoms with Crippen molar-refractivity contribution in [2.45, 2.75) is 18.7 Å². The van der Waals surface area contributed by atoms with Crippen molar-refractivity contribution >= 4 is 27.3 Å². The second-order valence-corrected chi connectivity index (χ2v) is 6.06. The fraction of sp³-hybridized carbons (Fsp3) is 0.182. The molecule has 0 spiro atoms. The monoisotopic (exact) mass is 301 g/mol. The van der Waals surface area contributed by atoms with E-state index in [1.165, 1.54) is 18.2 Å². The lowest BCUT2D eigenvalue weighted by Crippen LogP contribution is -2.14. The number of sulfonamides is 1. The second kappa shape index (κ2) is 4.75. The quantitative estimate of drug-likeness (QED) is 0.810. The Balaban J connectivity index is 2.39. The molecule has 0 saturated carbocycles. The zero-order chi connectivity index (χ0) is 14.2. The third-order valence-corrected chi connectivity index (χ3v) is 4.49. The highest BCUT2D eigenvalue weighted by molar-refractivity contribution is 7.92. The van der Waals surface area contributed by atoms with Gasteiger partial charge in [-0.1, -0.05) is 11.6 Å². The highest BCUT2D eigenvalue weighted by atomic mass is 35.5. The summed E-state index contributed by atoms with van der Waals surface area (Å²) in [6, 6.07) is 4.11. The number of hydrogen-bond acceptors (Lipinski definition) is 4. The van der Waals surface area contributed by atoms with Crippen LogP contribution < -0.4 is 4.72 Å². The Morgan fingerprint density at radius 1 is 1.37 bits per heavy atom. The van der Waals surface area contributed by atoms with Gasteiger partial charge in [-0.2, -0.15) is 5.10 Å². The van der Waals surface area contributed by atoms with Crippen LogP contribution in [0.1, 0.15) is 11.4 Å². The van der Waals surface area contributed by atoms with Gasteiger partial charge in [0.1, 0.15) is 10.6 Å². The van der Waals surface area contributed by atoms with Crippen molar-refractivity contribution in [3.63, 3.8) is 0 Å². The number of hydrogen-bond donors (Lipinski definition) is 3. The first kappa shape index (κ1) is 13.7. The van der Waals surface area contributed by atoms with E-state index in [0.29, 0.717) is 11.4 Å². The normalized spacial score (nSPS) is 11.5. The van der Waals surface area contributed by atoms with Crippen LogP contribution in [-0.4, -0.2) is 23.7 Å². The lowest BCUT2D eigenvalue weighted by molar-refractivity contribution is 0.476. The van der Waals surface area contributed by atoms with Crippen molar-refractivity contribution in [2.24, 2.45) is 0 Å². The van der Waals surface area contributed by atoms with Crippen LogP contribution in [0.5, 0.6) is 5.75 Å². The van der Waals surface area contributed by atoms with E-state index in [0.717, 1.165) is 0 Å². The summed E-state index contributed by atoms with van der Waals surface area (Å²) in [5.41, 5.74) is 1.05. The van der Waals surface area contributed by atoms with Crippen LogP contribution in [0.3, 0.4) is 0 Å². The number of nitrogens with zero attached hydrogens (tertiary/aromatic N) is 1. The minimum absolute atomic E-state index is 0.0990. The van der Waals surface area contributed by atoms with E-state index >= 15 is 0 Å². The Morgan fingerprint density at radius 2 is 2.05 bits per heavy atom. The van der Waals surface area contributed by atoms with Crippen molar-refractivity contribution in [3.8, 4) is 5.75 Å². The molecule has 0 aliphatic rings. The Hall–Kier alpha value is -1.73. The van der Waals surface area contributed by atoms with Crippen molar-refractivity contribution < 1.29 is 13.5 Å². The Labute approximate surface area is 115 Å². The van der Waals surface area contributed by atoms with E-state index in [1.807, 2.05) is 0 Å². The molecule has 3 N–H and O–H groups in total. The van der Waals surface area contributed by atoms with Crippen LogP contribution in [0.4, 0.5) is 5.69 Å². The number of aryl methyl sites for hydroxylation is 2. The number of nitrogens with one attached hydrogen (secondary N) is 2. The number of phenols is 1. The predicted molar refractivity (Wildman–Crippen MR) is 72.0 cm³/mol. The van der Waals surface area contributed by atoms with Crippen LogP contribution in [0.15, 0.2) is 23.1 Å². The van der Waals surface area contributed by atoms with Gasteiger partial charge < -0.3 is 5.11 Å². The standard InChI is InChI=1S/C11H12ClN3O3S/c1-6-11(7(2)14-13-6)19(17,18)15-8-3-4-9(12)10(16)5-8/h3-5,15-16H,1-2H3,(H,13,14). The number of phenolic OH excluding ortho intramolecular Hbond substituents is 1. The lowest BCUT2D eigenvalue weighted by atomic mass is 10.3. The average molecular weight is 302 g/mol. The van der Waals surface area contributed by atoms with Gasteiger partial charge in [-0.3, -0.25) is 9.82 Å². The molecule has 2 rings (SSSR count). The summed E-state index contributed by atoms with van der Waals surface area (Å²) in [6.45, 7) is 3.21. The molecular formula is C11H12ClN3O3S. The van der Waals surface area contributed by atoms with Gasteiger partial charge in [0.2, 0.25) is 0 Å². The summed E-state index contributed by atoms with van der Waals surface area (Å²) < 4.78 is 26.8. The fourth-order valence-corrected chi connectivity index (χ4v) is 3.26. The summed E-state index contributed by atoms with van der Waals surface area (Å²) in [5.74, 6) is -0.192. The molecule has 0 aliphatic heterocycles. The highest BCUT2D eigenvalue weighted by Crippen LogP contribution is 2.28. The van der Waals surface area contributed by atoms with Gasteiger partial charge in [0.25, 0.3) is 10.0 Å². The molecular weight excluding hydrogens is 290 g/mol. The van der Waals surface area contributed by atoms with E-state index in [-0.39, 0.29) is 21.4 Å². The molecule has 6 nitrogen and oxygen atoms in total. The molecule has 19 heavy (non-hydrogen) atoms. The van der Waals surface area contributed by atoms with Gasteiger partial charge in [0.05, 0.1) is 22.1 Å². The first-order valence-corrected chi connectivity index (χ1v) is 7.20. The number of rotatable bonds is 3.